The Morgan fingerprint density at radius 3 is 2.89 bits per heavy atom. The summed E-state index contributed by atoms with van der Waals surface area (Å²) in [6, 6.07) is 0.500. The Balaban J connectivity index is 1.93. The highest BCUT2D eigenvalue weighted by Crippen LogP contribution is 2.29. The lowest BCUT2D eigenvalue weighted by Gasteiger charge is -2.22. The zero-order chi connectivity index (χ0) is 12.8. The Kier molecular flexibility index (Phi) is 5.50. The van der Waals surface area contributed by atoms with Crippen LogP contribution in [0.4, 0.5) is 0 Å². The summed E-state index contributed by atoms with van der Waals surface area (Å²) in [5.41, 5.74) is 0. The highest BCUT2D eigenvalue weighted by atomic mass is 32.2. The van der Waals surface area contributed by atoms with Crippen molar-refractivity contribution in [3.05, 3.63) is 11.7 Å². The van der Waals surface area contributed by atoms with Gasteiger partial charge in [-0.3, -0.25) is 0 Å². The van der Waals surface area contributed by atoms with Crippen LogP contribution < -0.4 is 5.32 Å². The molecule has 1 aromatic heterocycles. The molecule has 0 radical (unpaired) electrons. The number of hydrogen-bond acceptors (Lipinski definition) is 5. The smallest absolute Gasteiger partial charge is 0.228 e. The second-order valence-electron chi connectivity index (χ2n) is 4.95. The first-order valence-corrected chi connectivity index (χ1v) is 8.26. The third-order valence-corrected chi connectivity index (χ3v) is 4.16. The van der Waals surface area contributed by atoms with Gasteiger partial charge in [-0.05, 0) is 31.6 Å². The van der Waals surface area contributed by atoms with Crippen molar-refractivity contribution >= 4 is 11.8 Å². The summed E-state index contributed by atoms with van der Waals surface area (Å²) in [7, 11) is 0. The molecule has 1 unspecified atom stereocenters. The zero-order valence-corrected chi connectivity index (χ0v) is 12.1. The van der Waals surface area contributed by atoms with Crippen LogP contribution in [0.15, 0.2) is 4.52 Å². The van der Waals surface area contributed by atoms with Gasteiger partial charge in [0.05, 0.1) is 5.75 Å². The largest absolute Gasteiger partial charge is 0.339 e. The first-order valence-electron chi connectivity index (χ1n) is 6.87. The fourth-order valence-electron chi connectivity index (χ4n) is 2.78. The molecule has 1 aromatic rings. The maximum absolute atomic E-state index is 5.34. The van der Waals surface area contributed by atoms with Crippen LogP contribution in [-0.2, 0) is 12.2 Å². The van der Waals surface area contributed by atoms with Crippen molar-refractivity contribution < 1.29 is 4.52 Å². The van der Waals surface area contributed by atoms with E-state index in [9.17, 15) is 0 Å². The van der Waals surface area contributed by atoms with Gasteiger partial charge in [-0.1, -0.05) is 24.9 Å². The molecule has 1 aliphatic rings. The molecule has 0 saturated heterocycles. The van der Waals surface area contributed by atoms with Gasteiger partial charge in [0.15, 0.2) is 5.82 Å². The number of likely N-dealkylation sites (N-methyl/N-ethyl adjacent to an activating group) is 1. The molecule has 1 heterocycles. The molecule has 4 nitrogen and oxygen atoms in total. The maximum atomic E-state index is 5.34. The van der Waals surface area contributed by atoms with Crippen molar-refractivity contribution in [2.45, 2.75) is 50.8 Å². The number of aromatic nitrogens is 2. The molecule has 1 N–H and O–H groups in total. The van der Waals surface area contributed by atoms with Crippen LogP contribution in [-0.4, -0.2) is 29.0 Å². The topological polar surface area (TPSA) is 51.0 Å². The van der Waals surface area contributed by atoms with Crippen LogP contribution in [0.2, 0.25) is 0 Å². The van der Waals surface area contributed by atoms with Gasteiger partial charge in [0.1, 0.15) is 0 Å². The highest BCUT2D eigenvalue weighted by Gasteiger charge is 2.26. The second-order valence-corrected chi connectivity index (χ2v) is 5.82. The summed E-state index contributed by atoms with van der Waals surface area (Å²) in [5, 5.41) is 7.59. The molecule has 0 aliphatic heterocycles. The third kappa shape index (κ3) is 3.72. The lowest BCUT2D eigenvalue weighted by Crippen LogP contribution is -2.37. The number of thioether (sulfide) groups is 1. The molecule has 1 atom stereocenters. The van der Waals surface area contributed by atoms with Gasteiger partial charge in [-0.15, -0.1) is 0 Å². The van der Waals surface area contributed by atoms with E-state index in [4.69, 9.17) is 4.52 Å². The predicted molar refractivity (Wildman–Crippen MR) is 74.6 cm³/mol. The van der Waals surface area contributed by atoms with Crippen molar-refractivity contribution in [1.82, 2.24) is 15.5 Å². The zero-order valence-electron chi connectivity index (χ0n) is 11.3. The standard InChI is InChI=1S/C13H23N3OS/c1-3-14-11(10-6-4-5-7-10)8-13-15-12(9-18-2)16-17-13/h10-11,14H,3-9H2,1-2H3. The maximum Gasteiger partial charge on any atom is 0.228 e. The summed E-state index contributed by atoms with van der Waals surface area (Å²) in [6.07, 6.45) is 8.34. The fraction of sp³-hybridized carbons (Fsp3) is 0.846. The molecular weight excluding hydrogens is 246 g/mol. The fourth-order valence-corrected chi connectivity index (χ4v) is 3.15. The number of nitrogens with zero attached hydrogens (tertiary/aromatic N) is 2. The van der Waals surface area contributed by atoms with E-state index in [0.29, 0.717) is 6.04 Å². The average molecular weight is 269 g/mol. The van der Waals surface area contributed by atoms with Crippen molar-refractivity contribution in [1.29, 1.82) is 0 Å². The van der Waals surface area contributed by atoms with Crippen LogP contribution in [0.3, 0.4) is 0 Å². The molecule has 2 rings (SSSR count). The van der Waals surface area contributed by atoms with Crippen LogP contribution in [0, 0.1) is 5.92 Å². The van der Waals surface area contributed by atoms with Gasteiger partial charge in [-0.25, -0.2) is 0 Å². The van der Waals surface area contributed by atoms with E-state index in [0.717, 1.165) is 36.4 Å². The van der Waals surface area contributed by atoms with Crippen molar-refractivity contribution in [3.8, 4) is 0 Å². The Morgan fingerprint density at radius 2 is 2.22 bits per heavy atom. The van der Waals surface area contributed by atoms with Crippen LogP contribution in [0.1, 0.15) is 44.3 Å². The van der Waals surface area contributed by atoms with Crippen LogP contribution >= 0.6 is 11.8 Å². The summed E-state index contributed by atoms with van der Waals surface area (Å²) < 4.78 is 5.34. The molecule has 1 aliphatic carbocycles. The Morgan fingerprint density at radius 1 is 1.44 bits per heavy atom. The number of nitrogens with one attached hydrogen (secondary N) is 1. The Bertz CT molecular complexity index is 350. The monoisotopic (exact) mass is 269 g/mol. The van der Waals surface area contributed by atoms with E-state index in [-0.39, 0.29) is 0 Å². The SMILES string of the molecule is CCNC(Cc1nc(CSC)no1)C1CCCC1. The molecule has 0 aromatic carbocycles. The minimum atomic E-state index is 0.500. The first-order chi connectivity index (χ1) is 8.83. The van der Waals surface area contributed by atoms with Crippen molar-refractivity contribution in [3.63, 3.8) is 0 Å². The second kappa shape index (κ2) is 7.14. The lowest BCUT2D eigenvalue weighted by molar-refractivity contribution is 0.310. The van der Waals surface area contributed by atoms with Gasteiger partial charge in [0.2, 0.25) is 5.89 Å². The van der Waals surface area contributed by atoms with E-state index in [1.807, 2.05) is 0 Å². The first kappa shape index (κ1) is 13.9. The molecule has 102 valence electrons. The Labute approximate surface area is 113 Å². The molecule has 1 fully saturated rings. The summed E-state index contributed by atoms with van der Waals surface area (Å²) in [4.78, 5) is 4.45. The summed E-state index contributed by atoms with van der Waals surface area (Å²) in [5.74, 6) is 3.22. The van der Waals surface area contributed by atoms with E-state index in [1.54, 1.807) is 11.8 Å². The molecule has 18 heavy (non-hydrogen) atoms. The van der Waals surface area contributed by atoms with Gasteiger partial charge in [0.25, 0.3) is 0 Å². The molecule has 5 heteroatoms. The minimum absolute atomic E-state index is 0.500. The molecule has 0 bridgehead atoms. The summed E-state index contributed by atoms with van der Waals surface area (Å²) >= 11 is 1.72. The average Bonchev–Trinajstić information content (AvgIpc) is 3.00. The number of hydrogen-bond donors (Lipinski definition) is 1. The molecule has 0 spiro atoms. The minimum Gasteiger partial charge on any atom is -0.339 e. The lowest BCUT2D eigenvalue weighted by atomic mass is 9.95. The van der Waals surface area contributed by atoms with Gasteiger partial charge < -0.3 is 9.84 Å². The van der Waals surface area contributed by atoms with E-state index in [1.165, 1.54) is 25.7 Å². The quantitative estimate of drug-likeness (QED) is 0.824. The highest BCUT2D eigenvalue weighted by molar-refractivity contribution is 7.97. The van der Waals surface area contributed by atoms with Gasteiger partial charge in [-0.2, -0.15) is 16.7 Å². The van der Waals surface area contributed by atoms with Crippen LogP contribution in [0.5, 0.6) is 0 Å². The predicted octanol–water partition coefficient (Wildman–Crippen LogP) is 2.64. The summed E-state index contributed by atoms with van der Waals surface area (Å²) in [6.45, 7) is 3.17. The van der Waals surface area contributed by atoms with Crippen LogP contribution in [0.25, 0.3) is 0 Å². The van der Waals surface area contributed by atoms with Crippen molar-refractivity contribution in [2.75, 3.05) is 12.8 Å². The van der Waals surface area contributed by atoms with E-state index in [2.05, 4.69) is 28.6 Å². The van der Waals surface area contributed by atoms with Gasteiger partial charge in [0, 0.05) is 12.5 Å². The van der Waals surface area contributed by atoms with Gasteiger partial charge >= 0.3 is 0 Å². The Hall–Kier alpha value is -0.550. The molecular formula is C13H23N3OS. The third-order valence-electron chi connectivity index (χ3n) is 3.61. The molecule has 1 saturated carbocycles. The van der Waals surface area contributed by atoms with E-state index >= 15 is 0 Å². The van der Waals surface area contributed by atoms with E-state index < -0.39 is 0 Å². The molecule has 0 amide bonds. The normalized spacial score (nSPS) is 18.3. The van der Waals surface area contributed by atoms with Crippen molar-refractivity contribution in [2.24, 2.45) is 5.92 Å². The number of rotatable bonds is 7.